The lowest BCUT2D eigenvalue weighted by Gasteiger charge is -2.16. The van der Waals surface area contributed by atoms with Gasteiger partial charge in [-0.15, -0.1) is 0 Å². The molecule has 1 aliphatic rings. The smallest absolute Gasteiger partial charge is 0.251 e. The molecule has 0 atom stereocenters. The molecule has 0 aromatic rings. The van der Waals surface area contributed by atoms with Crippen molar-refractivity contribution in [3.8, 4) is 0 Å². The fourth-order valence-electron chi connectivity index (χ4n) is 1.55. The second kappa shape index (κ2) is 8.44. The van der Waals surface area contributed by atoms with Crippen molar-refractivity contribution < 1.29 is 19.1 Å². The first kappa shape index (κ1) is 15.4. The van der Waals surface area contributed by atoms with Crippen molar-refractivity contribution in [2.75, 3.05) is 40.0 Å². The fraction of sp³-hybridized carbons (Fsp3) is 0.538. The van der Waals surface area contributed by atoms with Crippen LogP contribution < -0.4 is 5.32 Å². The Labute approximate surface area is 113 Å². The number of ether oxygens (including phenoxy) is 2. The Morgan fingerprint density at radius 1 is 1.37 bits per heavy atom. The maximum atomic E-state index is 11.5. The van der Waals surface area contributed by atoms with E-state index in [4.69, 9.17) is 9.47 Å². The van der Waals surface area contributed by atoms with E-state index < -0.39 is 0 Å². The van der Waals surface area contributed by atoms with E-state index in [-0.39, 0.29) is 18.2 Å². The van der Waals surface area contributed by atoms with Gasteiger partial charge >= 0.3 is 0 Å². The lowest BCUT2D eigenvalue weighted by molar-refractivity contribution is -0.124. The van der Waals surface area contributed by atoms with Crippen molar-refractivity contribution in [2.45, 2.75) is 6.42 Å². The molecule has 1 aliphatic heterocycles. The van der Waals surface area contributed by atoms with Crippen LogP contribution in [0.2, 0.25) is 0 Å². The molecule has 0 aromatic carbocycles. The quantitative estimate of drug-likeness (QED) is 0.601. The van der Waals surface area contributed by atoms with Crippen LogP contribution in [-0.4, -0.2) is 56.7 Å². The molecule has 0 fully saturated rings. The Kier molecular flexibility index (Phi) is 6.84. The normalized spacial score (nSPS) is 14.3. The number of rotatable bonds is 9. The number of nitrogens with one attached hydrogen (secondary N) is 1. The predicted octanol–water partition coefficient (Wildman–Crippen LogP) is 0.0678. The zero-order valence-electron chi connectivity index (χ0n) is 11.2. The minimum Gasteiger partial charge on any atom is -0.382 e. The maximum Gasteiger partial charge on any atom is 0.251 e. The van der Waals surface area contributed by atoms with Crippen LogP contribution in [0.1, 0.15) is 6.42 Å². The van der Waals surface area contributed by atoms with Crippen molar-refractivity contribution in [2.24, 2.45) is 0 Å². The maximum absolute atomic E-state index is 11.5. The molecule has 0 aliphatic carbocycles. The van der Waals surface area contributed by atoms with Crippen molar-refractivity contribution in [3.63, 3.8) is 0 Å². The zero-order chi connectivity index (χ0) is 14.1. The molecule has 0 unspecified atom stereocenters. The highest BCUT2D eigenvalue weighted by Gasteiger charge is 2.18. The molecule has 0 bridgehead atoms. The molecule has 0 aromatic heterocycles. The summed E-state index contributed by atoms with van der Waals surface area (Å²) in [7, 11) is 1.60. The van der Waals surface area contributed by atoms with Crippen LogP contribution in [0.5, 0.6) is 0 Å². The Morgan fingerprint density at radius 3 is 2.79 bits per heavy atom. The van der Waals surface area contributed by atoms with Gasteiger partial charge < -0.3 is 19.7 Å². The number of nitrogens with zero attached hydrogens (tertiary/aromatic N) is 1. The summed E-state index contributed by atoms with van der Waals surface area (Å²) < 4.78 is 10.0. The van der Waals surface area contributed by atoms with Crippen molar-refractivity contribution in [1.82, 2.24) is 10.2 Å². The molecular formula is C13H20N2O4. The number of hydrogen-bond donors (Lipinski definition) is 1. The van der Waals surface area contributed by atoms with Crippen molar-refractivity contribution in [3.05, 3.63) is 24.4 Å². The van der Waals surface area contributed by atoms with E-state index in [9.17, 15) is 9.59 Å². The van der Waals surface area contributed by atoms with Crippen molar-refractivity contribution >= 4 is 11.8 Å². The number of carbonyl (C=O) groups is 2. The SMILES string of the molecule is C=C1C=CC(=O)N1CCC(=O)NCCOCCOC. The average molecular weight is 268 g/mol. The number of methoxy groups -OCH3 is 1. The van der Waals surface area contributed by atoms with Gasteiger partial charge in [0, 0.05) is 38.4 Å². The first-order chi connectivity index (χ1) is 9.15. The monoisotopic (exact) mass is 268 g/mol. The Morgan fingerprint density at radius 2 is 2.16 bits per heavy atom. The summed E-state index contributed by atoms with van der Waals surface area (Å²) >= 11 is 0. The van der Waals surface area contributed by atoms with Gasteiger partial charge in [-0.1, -0.05) is 6.58 Å². The van der Waals surface area contributed by atoms with Gasteiger partial charge in [-0.3, -0.25) is 9.59 Å². The minimum atomic E-state index is -0.124. The minimum absolute atomic E-state index is 0.108. The average Bonchev–Trinajstić information content (AvgIpc) is 2.71. The molecule has 19 heavy (non-hydrogen) atoms. The van der Waals surface area contributed by atoms with Gasteiger partial charge in [-0.05, 0) is 6.08 Å². The third-order valence-electron chi connectivity index (χ3n) is 2.59. The van der Waals surface area contributed by atoms with Crippen LogP contribution in [0.15, 0.2) is 24.4 Å². The van der Waals surface area contributed by atoms with Crippen molar-refractivity contribution in [1.29, 1.82) is 0 Å². The summed E-state index contributed by atoms with van der Waals surface area (Å²) in [5, 5.41) is 2.72. The zero-order valence-corrected chi connectivity index (χ0v) is 11.2. The van der Waals surface area contributed by atoms with Crippen LogP contribution >= 0.6 is 0 Å². The van der Waals surface area contributed by atoms with E-state index in [2.05, 4.69) is 11.9 Å². The largest absolute Gasteiger partial charge is 0.382 e. The van der Waals surface area contributed by atoms with Gasteiger partial charge in [0.25, 0.3) is 5.91 Å². The fourth-order valence-corrected chi connectivity index (χ4v) is 1.55. The van der Waals surface area contributed by atoms with E-state index in [0.29, 0.717) is 38.6 Å². The number of carbonyl (C=O) groups excluding carboxylic acids is 2. The van der Waals surface area contributed by atoms with Gasteiger partial charge in [0.05, 0.1) is 19.8 Å². The van der Waals surface area contributed by atoms with Crippen LogP contribution in [-0.2, 0) is 19.1 Å². The lowest BCUT2D eigenvalue weighted by Crippen LogP contribution is -2.32. The van der Waals surface area contributed by atoms with Crippen LogP contribution in [0.3, 0.4) is 0 Å². The second-order valence-corrected chi connectivity index (χ2v) is 4.02. The molecule has 6 heteroatoms. The summed E-state index contributed by atoms with van der Waals surface area (Å²) in [6.07, 6.45) is 3.35. The number of hydrogen-bond acceptors (Lipinski definition) is 4. The molecule has 0 spiro atoms. The van der Waals surface area contributed by atoms with Crippen LogP contribution in [0.25, 0.3) is 0 Å². The van der Waals surface area contributed by atoms with E-state index >= 15 is 0 Å². The summed E-state index contributed by atoms with van der Waals surface area (Å²) in [5.41, 5.74) is 0.626. The molecule has 2 amide bonds. The number of allylic oxidation sites excluding steroid dienone is 1. The summed E-state index contributed by atoms with van der Waals surface area (Å²) in [6, 6.07) is 0. The standard InChI is InChI=1S/C13H20N2O4/c1-11-3-4-13(17)15(11)7-5-12(16)14-6-8-19-10-9-18-2/h3-4H,1,5-10H2,2H3,(H,14,16). The molecule has 106 valence electrons. The van der Waals surface area contributed by atoms with Gasteiger partial charge in [-0.2, -0.15) is 0 Å². The second-order valence-electron chi connectivity index (χ2n) is 4.02. The van der Waals surface area contributed by atoms with Gasteiger partial charge in [0.1, 0.15) is 0 Å². The van der Waals surface area contributed by atoms with E-state index in [1.165, 1.54) is 11.0 Å². The summed E-state index contributed by atoms with van der Waals surface area (Å²) in [4.78, 5) is 24.4. The third kappa shape index (κ3) is 5.67. The number of amides is 2. The summed E-state index contributed by atoms with van der Waals surface area (Å²) in [6.45, 7) is 6.03. The molecule has 0 saturated heterocycles. The van der Waals surface area contributed by atoms with E-state index in [0.717, 1.165) is 0 Å². The van der Waals surface area contributed by atoms with E-state index in [1.807, 2.05) is 0 Å². The van der Waals surface area contributed by atoms with Gasteiger partial charge in [0.15, 0.2) is 0 Å². The Bertz CT molecular complexity index is 348. The molecule has 1 heterocycles. The van der Waals surface area contributed by atoms with Crippen LogP contribution in [0.4, 0.5) is 0 Å². The van der Waals surface area contributed by atoms with E-state index in [1.54, 1.807) is 13.2 Å². The van der Waals surface area contributed by atoms with Gasteiger partial charge in [-0.25, -0.2) is 0 Å². The molecular weight excluding hydrogens is 248 g/mol. The highest BCUT2D eigenvalue weighted by Crippen LogP contribution is 2.12. The predicted molar refractivity (Wildman–Crippen MR) is 70.3 cm³/mol. The molecule has 6 nitrogen and oxygen atoms in total. The lowest BCUT2D eigenvalue weighted by atomic mass is 10.3. The highest BCUT2D eigenvalue weighted by molar-refractivity contribution is 5.93. The molecule has 0 saturated carbocycles. The van der Waals surface area contributed by atoms with Gasteiger partial charge in [0.2, 0.25) is 5.91 Å². The topological polar surface area (TPSA) is 67.9 Å². The Hall–Kier alpha value is -1.66. The van der Waals surface area contributed by atoms with Crippen LogP contribution in [0, 0.1) is 0 Å². The highest BCUT2D eigenvalue weighted by atomic mass is 16.5. The Balaban J connectivity index is 2.05. The third-order valence-corrected chi connectivity index (χ3v) is 2.59. The molecule has 1 N–H and O–H groups in total. The first-order valence-electron chi connectivity index (χ1n) is 6.17. The molecule has 1 rings (SSSR count). The summed E-state index contributed by atoms with van der Waals surface area (Å²) in [5.74, 6) is -0.233. The first-order valence-corrected chi connectivity index (χ1v) is 6.17. The molecule has 0 radical (unpaired) electrons.